The van der Waals surface area contributed by atoms with Crippen molar-refractivity contribution in [1.82, 2.24) is 9.97 Å². The van der Waals surface area contributed by atoms with Gasteiger partial charge in [-0.15, -0.1) is 0 Å². The summed E-state index contributed by atoms with van der Waals surface area (Å²) in [5, 5.41) is 6.59. The Kier molecular flexibility index (Phi) is 6.10. The van der Waals surface area contributed by atoms with Crippen LogP contribution in [0.25, 0.3) is 0 Å². The van der Waals surface area contributed by atoms with Crippen molar-refractivity contribution in [1.29, 1.82) is 0 Å². The molecular weight excluding hydrogens is 340 g/mol. The standard InChI is InChI=1S/C21H24N4O2/c1-15-13-20(24-17-9-10-18(26-2)19(14-17)27-3)25-21(23-15)22-12-11-16-7-5-4-6-8-16/h4-10,13-14H,11-12H2,1-3H3,(H2,22,23,24,25). The lowest BCUT2D eigenvalue weighted by molar-refractivity contribution is 0.355. The summed E-state index contributed by atoms with van der Waals surface area (Å²) in [6, 6.07) is 17.9. The molecular formula is C21H24N4O2. The molecule has 0 aliphatic carbocycles. The second-order valence-electron chi connectivity index (χ2n) is 6.08. The molecule has 6 heteroatoms. The Morgan fingerprint density at radius 3 is 2.41 bits per heavy atom. The number of hydrogen-bond donors (Lipinski definition) is 2. The predicted octanol–water partition coefficient (Wildman–Crippen LogP) is 4.20. The monoisotopic (exact) mass is 364 g/mol. The first-order valence-electron chi connectivity index (χ1n) is 8.80. The highest BCUT2D eigenvalue weighted by molar-refractivity contribution is 5.62. The first-order valence-corrected chi connectivity index (χ1v) is 8.80. The Bertz CT molecular complexity index is 885. The number of rotatable bonds is 8. The molecule has 3 rings (SSSR count). The van der Waals surface area contributed by atoms with Crippen molar-refractivity contribution in [3.8, 4) is 11.5 Å². The first-order chi connectivity index (χ1) is 13.2. The fourth-order valence-corrected chi connectivity index (χ4v) is 2.74. The molecule has 0 spiro atoms. The molecule has 27 heavy (non-hydrogen) atoms. The molecule has 0 aliphatic heterocycles. The maximum Gasteiger partial charge on any atom is 0.224 e. The Labute approximate surface area is 159 Å². The van der Waals surface area contributed by atoms with Crippen LogP contribution in [0.1, 0.15) is 11.3 Å². The lowest BCUT2D eigenvalue weighted by Crippen LogP contribution is -2.09. The molecule has 1 aromatic heterocycles. The molecule has 0 bridgehead atoms. The Hall–Kier alpha value is -3.28. The molecule has 0 unspecified atom stereocenters. The van der Waals surface area contributed by atoms with Crippen molar-refractivity contribution in [3.05, 3.63) is 65.9 Å². The number of nitrogens with one attached hydrogen (secondary N) is 2. The van der Waals surface area contributed by atoms with E-state index in [1.54, 1.807) is 14.2 Å². The summed E-state index contributed by atoms with van der Waals surface area (Å²) in [5.41, 5.74) is 3.03. The van der Waals surface area contributed by atoms with Gasteiger partial charge in [-0.25, -0.2) is 4.98 Å². The zero-order valence-corrected chi connectivity index (χ0v) is 15.8. The van der Waals surface area contributed by atoms with Crippen molar-refractivity contribution in [2.75, 3.05) is 31.4 Å². The molecule has 3 aromatic rings. The highest BCUT2D eigenvalue weighted by atomic mass is 16.5. The second kappa shape index (κ2) is 8.89. The van der Waals surface area contributed by atoms with E-state index in [0.29, 0.717) is 17.4 Å². The minimum Gasteiger partial charge on any atom is -0.493 e. The maximum atomic E-state index is 5.35. The van der Waals surface area contributed by atoms with Gasteiger partial charge in [-0.1, -0.05) is 30.3 Å². The van der Waals surface area contributed by atoms with Crippen LogP contribution in [0.5, 0.6) is 11.5 Å². The van der Waals surface area contributed by atoms with Gasteiger partial charge in [0.25, 0.3) is 0 Å². The SMILES string of the molecule is COc1ccc(Nc2cc(C)nc(NCCc3ccccc3)n2)cc1OC. The van der Waals surface area contributed by atoms with Crippen LogP contribution < -0.4 is 20.1 Å². The average Bonchev–Trinajstić information content (AvgIpc) is 2.68. The van der Waals surface area contributed by atoms with Gasteiger partial charge in [0, 0.05) is 30.1 Å². The van der Waals surface area contributed by atoms with Gasteiger partial charge < -0.3 is 20.1 Å². The third kappa shape index (κ3) is 5.10. The number of ether oxygens (including phenoxy) is 2. The Morgan fingerprint density at radius 2 is 1.67 bits per heavy atom. The molecule has 2 N–H and O–H groups in total. The van der Waals surface area contributed by atoms with Crippen LogP contribution in [-0.4, -0.2) is 30.7 Å². The second-order valence-corrected chi connectivity index (χ2v) is 6.08. The van der Waals surface area contributed by atoms with Crippen LogP contribution in [0.4, 0.5) is 17.5 Å². The van der Waals surface area contributed by atoms with E-state index in [9.17, 15) is 0 Å². The summed E-state index contributed by atoms with van der Waals surface area (Å²) in [4.78, 5) is 9.01. The number of aromatic nitrogens is 2. The van der Waals surface area contributed by atoms with E-state index in [0.717, 1.165) is 30.2 Å². The van der Waals surface area contributed by atoms with E-state index in [-0.39, 0.29) is 0 Å². The van der Waals surface area contributed by atoms with E-state index in [1.807, 2.05) is 49.4 Å². The fourth-order valence-electron chi connectivity index (χ4n) is 2.74. The van der Waals surface area contributed by atoms with Crippen molar-refractivity contribution in [2.24, 2.45) is 0 Å². The Balaban J connectivity index is 1.68. The summed E-state index contributed by atoms with van der Waals surface area (Å²) in [7, 11) is 3.23. The van der Waals surface area contributed by atoms with Crippen LogP contribution in [0.2, 0.25) is 0 Å². The number of nitrogens with zero attached hydrogens (tertiary/aromatic N) is 2. The third-order valence-electron chi connectivity index (χ3n) is 4.05. The number of hydrogen-bond acceptors (Lipinski definition) is 6. The molecule has 140 valence electrons. The van der Waals surface area contributed by atoms with Gasteiger partial charge in [-0.2, -0.15) is 4.98 Å². The van der Waals surface area contributed by atoms with Gasteiger partial charge in [0.1, 0.15) is 5.82 Å². The van der Waals surface area contributed by atoms with Gasteiger partial charge in [-0.3, -0.25) is 0 Å². The van der Waals surface area contributed by atoms with Crippen LogP contribution in [0.15, 0.2) is 54.6 Å². The summed E-state index contributed by atoms with van der Waals surface area (Å²) in [5.74, 6) is 2.67. The number of benzene rings is 2. The highest BCUT2D eigenvalue weighted by Crippen LogP contribution is 2.31. The molecule has 6 nitrogen and oxygen atoms in total. The largest absolute Gasteiger partial charge is 0.493 e. The normalized spacial score (nSPS) is 10.3. The summed E-state index contributed by atoms with van der Waals surface area (Å²) >= 11 is 0. The van der Waals surface area contributed by atoms with E-state index >= 15 is 0 Å². The smallest absolute Gasteiger partial charge is 0.224 e. The summed E-state index contributed by atoms with van der Waals surface area (Å²) < 4.78 is 10.6. The van der Waals surface area contributed by atoms with Gasteiger partial charge in [0.15, 0.2) is 11.5 Å². The van der Waals surface area contributed by atoms with E-state index in [2.05, 4.69) is 32.7 Å². The van der Waals surface area contributed by atoms with Crippen molar-refractivity contribution in [2.45, 2.75) is 13.3 Å². The lowest BCUT2D eigenvalue weighted by atomic mass is 10.1. The van der Waals surface area contributed by atoms with Crippen molar-refractivity contribution >= 4 is 17.5 Å². The minimum atomic E-state index is 0.605. The Morgan fingerprint density at radius 1 is 0.889 bits per heavy atom. The van der Waals surface area contributed by atoms with E-state index < -0.39 is 0 Å². The van der Waals surface area contributed by atoms with Gasteiger partial charge in [0.2, 0.25) is 5.95 Å². The zero-order valence-electron chi connectivity index (χ0n) is 15.8. The van der Waals surface area contributed by atoms with Crippen LogP contribution >= 0.6 is 0 Å². The molecule has 1 heterocycles. The molecule has 0 saturated heterocycles. The zero-order chi connectivity index (χ0) is 19.1. The first kappa shape index (κ1) is 18.5. The summed E-state index contributed by atoms with van der Waals surface area (Å²) in [6.07, 6.45) is 0.913. The van der Waals surface area contributed by atoms with Crippen molar-refractivity contribution in [3.63, 3.8) is 0 Å². The molecule has 0 aliphatic rings. The van der Waals surface area contributed by atoms with Crippen LogP contribution in [0.3, 0.4) is 0 Å². The number of aryl methyl sites for hydroxylation is 1. The fraction of sp³-hybridized carbons (Fsp3) is 0.238. The quantitative estimate of drug-likeness (QED) is 0.624. The maximum absolute atomic E-state index is 5.35. The van der Waals surface area contributed by atoms with Gasteiger partial charge in [-0.05, 0) is 31.0 Å². The van der Waals surface area contributed by atoms with E-state index in [4.69, 9.17) is 9.47 Å². The van der Waals surface area contributed by atoms with Gasteiger partial charge in [0.05, 0.1) is 14.2 Å². The molecule has 0 amide bonds. The van der Waals surface area contributed by atoms with Crippen LogP contribution in [-0.2, 0) is 6.42 Å². The number of anilines is 3. The summed E-state index contributed by atoms with van der Waals surface area (Å²) in [6.45, 7) is 2.72. The number of methoxy groups -OCH3 is 2. The molecule has 0 atom stereocenters. The lowest BCUT2D eigenvalue weighted by Gasteiger charge is -2.12. The molecule has 0 fully saturated rings. The van der Waals surface area contributed by atoms with Crippen LogP contribution in [0, 0.1) is 6.92 Å². The minimum absolute atomic E-state index is 0.605. The third-order valence-corrected chi connectivity index (χ3v) is 4.05. The average molecular weight is 364 g/mol. The predicted molar refractivity (Wildman–Crippen MR) is 108 cm³/mol. The molecule has 2 aromatic carbocycles. The topological polar surface area (TPSA) is 68.3 Å². The molecule has 0 radical (unpaired) electrons. The highest BCUT2D eigenvalue weighted by Gasteiger charge is 2.07. The van der Waals surface area contributed by atoms with E-state index in [1.165, 1.54) is 5.56 Å². The molecule has 0 saturated carbocycles. The van der Waals surface area contributed by atoms with Crippen molar-refractivity contribution < 1.29 is 9.47 Å². The van der Waals surface area contributed by atoms with Gasteiger partial charge >= 0.3 is 0 Å².